The van der Waals surface area contributed by atoms with Crippen molar-refractivity contribution in [3.8, 4) is 0 Å². The molecular formula is C50H93NO9. The SMILES string of the molecule is CCCCCCCCCCCCCCCCCCCCCC[C@H](OC(C)=O)C(=O)N[C@H](COC(C)=O)[C@@H](OC(C)=O)[C@@H](CCCCCCCCCCCCCC)OC(C)=O. The summed E-state index contributed by atoms with van der Waals surface area (Å²) in [5.74, 6) is -2.92. The molecule has 10 nitrogen and oxygen atoms in total. The average molecular weight is 852 g/mol. The predicted octanol–water partition coefficient (Wildman–Crippen LogP) is 13.1. The molecule has 0 aliphatic heterocycles. The highest BCUT2D eigenvalue weighted by molar-refractivity contribution is 5.83. The molecule has 0 aliphatic rings. The molecule has 60 heavy (non-hydrogen) atoms. The number of esters is 4. The van der Waals surface area contributed by atoms with Gasteiger partial charge in [-0.25, -0.2) is 0 Å². The Labute approximate surface area is 367 Å². The van der Waals surface area contributed by atoms with E-state index in [9.17, 15) is 24.0 Å². The largest absolute Gasteiger partial charge is 0.464 e. The van der Waals surface area contributed by atoms with Crippen LogP contribution in [-0.2, 0) is 42.9 Å². The van der Waals surface area contributed by atoms with Crippen molar-refractivity contribution in [1.82, 2.24) is 5.32 Å². The maximum atomic E-state index is 13.7. The van der Waals surface area contributed by atoms with Crippen molar-refractivity contribution in [3.05, 3.63) is 0 Å². The highest BCUT2D eigenvalue weighted by atomic mass is 16.6. The van der Waals surface area contributed by atoms with E-state index in [4.69, 9.17) is 18.9 Å². The van der Waals surface area contributed by atoms with Crippen LogP contribution in [0.1, 0.15) is 260 Å². The summed E-state index contributed by atoms with van der Waals surface area (Å²) in [7, 11) is 0. The first-order valence-corrected chi connectivity index (χ1v) is 25.0. The van der Waals surface area contributed by atoms with E-state index in [-0.39, 0.29) is 6.61 Å². The highest BCUT2D eigenvalue weighted by Crippen LogP contribution is 2.21. The van der Waals surface area contributed by atoms with Gasteiger partial charge in [0.25, 0.3) is 5.91 Å². The van der Waals surface area contributed by atoms with Crippen molar-refractivity contribution < 1.29 is 42.9 Å². The minimum atomic E-state index is -1.12. The smallest absolute Gasteiger partial charge is 0.303 e. The summed E-state index contributed by atoms with van der Waals surface area (Å²) in [6.07, 6.45) is 37.1. The summed E-state index contributed by atoms with van der Waals surface area (Å²) in [6, 6.07) is -1.04. The van der Waals surface area contributed by atoms with Gasteiger partial charge in [0.15, 0.2) is 12.2 Å². The third-order valence-electron chi connectivity index (χ3n) is 11.4. The second-order valence-electron chi connectivity index (χ2n) is 17.4. The van der Waals surface area contributed by atoms with E-state index in [1.165, 1.54) is 182 Å². The molecule has 352 valence electrons. The first-order valence-electron chi connectivity index (χ1n) is 25.0. The third-order valence-corrected chi connectivity index (χ3v) is 11.4. The van der Waals surface area contributed by atoms with Crippen molar-refractivity contribution in [3.63, 3.8) is 0 Å². The predicted molar refractivity (Wildman–Crippen MR) is 244 cm³/mol. The van der Waals surface area contributed by atoms with Gasteiger partial charge < -0.3 is 24.3 Å². The topological polar surface area (TPSA) is 134 Å². The second-order valence-corrected chi connectivity index (χ2v) is 17.4. The van der Waals surface area contributed by atoms with Gasteiger partial charge in [-0.2, -0.15) is 0 Å². The molecule has 0 aromatic heterocycles. The molecule has 0 radical (unpaired) electrons. The second kappa shape index (κ2) is 41.7. The number of unbranched alkanes of at least 4 members (excludes halogenated alkanes) is 30. The van der Waals surface area contributed by atoms with Crippen LogP contribution in [0.5, 0.6) is 0 Å². The molecule has 1 N–H and O–H groups in total. The summed E-state index contributed by atoms with van der Waals surface area (Å²) in [4.78, 5) is 62.3. The third kappa shape index (κ3) is 37.1. The number of nitrogens with one attached hydrogen (secondary N) is 1. The van der Waals surface area contributed by atoms with Crippen LogP contribution in [0.4, 0.5) is 0 Å². The monoisotopic (exact) mass is 852 g/mol. The quantitative estimate of drug-likeness (QED) is 0.0361. The fourth-order valence-electron chi connectivity index (χ4n) is 8.03. The molecule has 1 amide bonds. The maximum Gasteiger partial charge on any atom is 0.303 e. The van der Waals surface area contributed by atoms with Crippen LogP contribution in [0.2, 0.25) is 0 Å². The van der Waals surface area contributed by atoms with Gasteiger partial charge in [0.2, 0.25) is 0 Å². The van der Waals surface area contributed by atoms with Gasteiger partial charge in [0.05, 0.1) is 0 Å². The Morgan fingerprint density at radius 2 is 0.700 bits per heavy atom. The van der Waals surface area contributed by atoms with Gasteiger partial charge in [0, 0.05) is 27.7 Å². The Hall–Kier alpha value is -2.65. The molecule has 0 heterocycles. The van der Waals surface area contributed by atoms with Crippen molar-refractivity contribution in [1.29, 1.82) is 0 Å². The number of ether oxygens (including phenoxy) is 4. The number of rotatable bonds is 43. The minimum Gasteiger partial charge on any atom is -0.464 e. The normalized spacial score (nSPS) is 13.2. The highest BCUT2D eigenvalue weighted by Gasteiger charge is 2.38. The van der Waals surface area contributed by atoms with Gasteiger partial charge in [-0.05, 0) is 25.7 Å². The zero-order chi connectivity index (χ0) is 44.5. The van der Waals surface area contributed by atoms with Crippen LogP contribution in [0, 0.1) is 0 Å². The molecule has 0 saturated heterocycles. The maximum absolute atomic E-state index is 13.7. The summed E-state index contributed by atoms with van der Waals surface area (Å²) in [5.41, 5.74) is 0. The Morgan fingerprint density at radius 3 is 1.02 bits per heavy atom. The van der Waals surface area contributed by atoms with E-state index >= 15 is 0 Å². The Balaban J connectivity index is 4.90. The lowest BCUT2D eigenvalue weighted by Crippen LogP contribution is -2.56. The number of amides is 1. The Bertz CT molecular complexity index is 1070. The molecule has 0 spiro atoms. The van der Waals surface area contributed by atoms with Crippen molar-refractivity contribution in [2.24, 2.45) is 0 Å². The summed E-state index contributed by atoms with van der Waals surface area (Å²) < 4.78 is 22.2. The van der Waals surface area contributed by atoms with Gasteiger partial charge in [-0.15, -0.1) is 0 Å². The molecule has 0 saturated carbocycles. The summed E-state index contributed by atoms with van der Waals surface area (Å²) in [6.45, 7) is 9.23. The lowest BCUT2D eigenvalue weighted by atomic mass is 9.98. The van der Waals surface area contributed by atoms with E-state index in [0.717, 1.165) is 44.9 Å². The molecule has 0 aromatic rings. The molecule has 10 heteroatoms. The Kier molecular flexibility index (Phi) is 39.8. The minimum absolute atomic E-state index is 0.318. The first-order chi connectivity index (χ1) is 29.0. The lowest BCUT2D eigenvalue weighted by molar-refractivity contribution is -0.172. The zero-order valence-electron chi connectivity index (χ0n) is 39.7. The number of hydrogen-bond donors (Lipinski definition) is 1. The summed E-state index contributed by atoms with van der Waals surface area (Å²) in [5, 5.41) is 2.83. The molecule has 0 bridgehead atoms. The van der Waals surface area contributed by atoms with E-state index in [1.54, 1.807) is 0 Å². The van der Waals surface area contributed by atoms with E-state index in [0.29, 0.717) is 19.3 Å². The zero-order valence-corrected chi connectivity index (χ0v) is 39.7. The molecule has 0 rings (SSSR count). The van der Waals surface area contributed by atoms with Gasteiger partial charge in [-0.1, -0.05) is 206 Å². The first kappa shape index (κ1) is 57.3. The van der Waals surface area contributed by atoms with Crippen LogP contribution in [0.15, 0.2) is 0 Å². The van der Waals surface area contributed by atoms with E-state index in [2.05, 4.69) is 19.2 Å². The van der Waals surface area contributed by atoms with Crippen LogP contribution in [0.3, 0.4) is 0 Å². The van der Waals surface area contributed by atoms with Crippen LogP contribution in [-0.4, -0.2) is 60.7 Å². The number of carbonyl (C=O) groups is 5. The summed E-state index contributed by atoms with van der Waals surface area (Å²) >= 11 is 0. The van der Waals surface area contributed by atoms with Crippen LogP contribution >= 0.6 is 0 Å². The fraction of sp³-hybridized carbons (Fsp3) is 0.900. The molecule has 0 unspecified atom stereocenters. The van der Waals surface area contributed by atoms with E-state index < -0.39 is 54.1 Å². The van der Waals surface area contributed by atoms with Gasteiger partial charge in [0.1, 0.15) is 18.8 Å². The van der Waals surface area contributed by atoms with Crippen molar-refractivity contribution in [2.75, 3.05) is 6.61 Å². The molecular weight excluding hydrogens is 759 g/mol. The van der Waals surface area contributed by atoms with Gasteiger partial charge >= 0.3 is 23.9 Å². The van der Waals surface area contributed by atoms with Gasteiger partial charge in [-0.3, -0.25) is 24.0 Å². The molecule has 0 aliphatic carbocycles. The van der Waals surface area contributed by atoms with Crippen molar-refractivity contribution in [2.45, 2.75) is 284 Å². The molecule has 0 aromatic carbocycles. The lowest BCUT2D eigenvalue weighted by Gasteiger charge is -2.33. The number of carbonyl (C=O) groups excluding carboxylic acids is 5. The fourth-order valence-corrected chi connectivity index (χ4v) is 8.03. The van der Waals surface area contributed by atoms with E-state index in [1.807, 2.05) is 0 Å². The van der Waals surface area contributed by atoms with Crippen LogP contribution in [0.25, 0.3) is 0 Å². The average Bonchev–Trinajstić information content (AvgIpc) is 3.19. The van der Waals surface area contributed by atoms with Crippen molar-refractivity contribution >= 4 is 29.8 Å². The molecule has 4 atom stereocenters. The standard InChI is InChI=1S/C50H93NO9/c1-7-9-11-13-15-17-19-21-22-23-24-25-26-27-28-30-32-34-36-38-40-48(59-44(5)54)50(56)51-46(41-57-42(3)52)49(60-45(6)55)47(58-43(4)53)39-37-35-33-31-29-20-18-16-14-12-10-8-2/h46-49H,7-41H2,1-6H3,(H,51,56)/t46-,47-,48+,49-/m1/s1. The van der Waals surface area contributed by atoms with Crippen LogP contribution < -0.4 is 5.32 Å². The number of hydrogen-bond acceptors (Lipinski definition) is 9. The Morgan fingerprint density at radius 1 is 0.383 bits per heavy atom. The molecule has 0 fully saturated rings.